The normalized spacial score (nSPS) is 14.1. The van der Waals surface area contributed by atoms with Gasteiger partial charge in [0.25, 0.3) is 0 Å². The fraction of sp³-hybridized carbons (Fsp3) is 0.462. The molecule has 1 radical (unpaired) electrons. The quantitative estimate of drug-likeness (QED) is 0.331. The molecule has 7 nitrogen and oxygen atoms in total. The fourth-order valence-electron chi connectivity index (χ4n) is 3.87. The van der Waals surface area contributed by atoms with E-state index in [1.165, 1.54) is 18.2 Å². The van der Waals surface area contributed by atoms with Gasteiger partial charge in [-0.1, -0.05) is 45.1 Å². The van der Waals surface area contributed by atoms with Gasteiger partial charge >= 0.3 is 5.97 Å². The molecule has 0 aliphatic rings. The first-order chi connectivity index (χ1) is 16.1. The first kappa shape index (κ1) is 31.4. The minimum Gasteiger partial charge on any atom is -0.481 e. The predicted octanol–water partition coefficient (Wildman–Crippen LogP) is 3.47. The van der Waals surface area contributed by atoms with Gasteiger partial charge in [0, 0.05) is 60.1 Å². The summed E-state index contributed by atoms with van der Waals surface area (Å²) in [7, 11) is 1.56. The number of aliphatic carboxylic acids is 1. The Kier molecular flexibility index (Phi) is 13.3. The van der Waals surface area contributed by atoms with E-state index in [2.05, 4.69) is 0 Å². The first-order valence-electron chi connectivity index (χ1n) is 11.3. The molecule has 0 spiro atoms. The smallest absolute Gasteiger partial charge is 0.305 e. The van der Waals surface area contributed by atoms with E-state index in [0.29, 0.717) is 11.3 Å². The number of aliphatic hydroxyl groups excluding tert-OH is 3. The van der Waals surface area contributed by atoms with Crippen molar-refractivity contribution < 1.29 is 34.3 Å². The van der Waals surface area contributed by atoms with Crippen molar-refractivity contribution in [3.05, 3.63) is 58.7 Å². The number of carboxylic acid groups (broad SMARTS) is 1. The molecule has 0 aliphatic carbocycles. The zero-order valence-electron chi connectivity index (χ0n) is 21.0. The van der Waals surface area contributed by atoms with Crippen LogP contribution >= 0.6 is 0 Å². The van der Waals surface area contributed by atoms with Crippen molar-refractivity contribution >= 4 is 41.6 Å². The van der Waals surface area contributed by atoms with Crippen LogP contribution in [0.2, 0.25) is 0 Å². The van der Waals surface area contributed by atoms with Gasteiger partial charge in [0.1, 0.15) is 5.82 Å². The minimum atomic E-state index is -1.19. The van der Waals surface area contributed by atoms with Crippen molar-refractivity contribution in [3.63, 3.8) is 0 Å². The van der Waals surface area contributed by atoms with E-state index in [1.807, 2.05) is 20.8 Å². The SMILES string of the molecule is COCc1c([C@H](C)CO)nc(C(C)C)c(/C=C/[C@@H](O)C[C@@H](O)CC(=O)O)c1-c1ccc(F)cc1.[Na]. The van der Waals surface area contributed by atoms with Gasteiger partial charge in [0.15, 0.2) is 0 Å². The third-order valence-corrected chi connectivity index (χ3v) is 5.52. The Hall–Kier alpha value is -1.65. The molecular weight excluding hydrogens is 464 g/mol. The van der Waals surface area contributed by atoms with Crippen molar-refractivity contribution in [1.29, 1.82) is 0 Å². The monoisotopic (exact) mass is 498 g/mol. The third kappa shape index (κ3) is 8.75. The molecule has 35 heavy (non-hydrogen) atoms. The summed E-state index contributed by atoms with van der Waals surface area (Å²) < 4.78 is 19.2. The summed E-state index contributed by atoms with van der Waals surface area (Å²) in [6, 6.07) is 6.04. The second-order valence-electron chi connectivity index (χ2n) is 8.74. The number of ether oxygens (including phenoxy) is 1. The number of carbonyl (C=O) groups is 1. The Morgan fingerprint density at radius 3 is 2.29 bits per heavy atom. The third-order valence-electron chi connectivity index (χ3n) is 5.52. The molecule has 0 saturated heterocycles. The molecule has 0 fully saturated rings. The molecule has 2 rings (SSSR count). The van der Waals surface area contributed by atoms with Gasteiger partial charge in [-0.2, -0.15) is 0 Å². The van der Waals surface area contributed by atoms with Crippen LogP contribution in [0.25, 0.3) is 17.2 Å². The van der Waals surface area contributed by atoms with Crippen LogP contribution in [0.4, 0.5) is 4.39 Å². The summed E-state index contributed by atoms with van der Waals surface area (Å²) in [6.45, 7) is 5.91. The number of hydrogen-bond acceptors (Lipinski definition) is 6. The van der Waals surface area contributed by atoms with E-state index in [0.717, 1.165) is 22.4 Å². The Bertz CT molecular complexity index is 996. The molecule has 3 atom stereocenters. The number of rotatable bonds is 12. The van der Waals surface area contributed by atoms with E-state index >= 15 is 0 Å². The predicted molar refractivity (Wildman–Crippen MR) is 134 cm³/mol. The van der Waals surface area contributed by atoms with Crippen LogP contribution in [0.15, 0.2) is 30.3 Å². The van der Waals surface area contributed by atoms with E-state index < -0.39 is 24.6 Å². The van der Waals surface area contributed by atoms with Gasteiger partial charge in [-0.15, -0.1) is 0 Å². The van der Waals surface area contributed by atoms with E-state index in [-0.39, 0.29) is 66.8 Å². The molecule has 0 bridgehead atoms. The van der Waals surface area contributed by atoms with E-state index in [9.17, 15) is 24.5 Å². The van der Waals surface area contributed by atoms with Gasteiger partial charge < -0.3 is 25.2 Å². The maximum atomic E-state index is 13.7. The first-order valence-corrected chi connectivity index (χ1v) is 11.3. The fourth-order valence-corrected chi connectivity index (χ4v) is 3.87. The Balaban J connectivity index is 0.00000612. The largest absolute Gasteiger partial charge is 0.481 e. The maximum absolute atomic E-state index is 13.7. The molecule has 9 heteroatoms. The number of aromatic nitrogens is 1. The standard InChI is InChI=1S/C26H34FNO6.Na/c1-15(2)25-21(10-9-19(30)11-20(31)12-23(32)33)24(17-5-7-18(27)8-6-17)22(14-34-4)26(28-25)16(3)13-29;/h5-10,15-16,19-20,29-31H,11-14H2,1-4H3,(H,32,33);/b10-9+;/t16-,19-,20-;/m1./s1. The van der Waals surface area contributed by atoms with Crippen LogP contribution in [0.5, 0.6) is 0 Å². The molecule has 1 aromatic carbocycles. The van der Waals surface area contributed by atoms with Crippen LogP contribution < -0.4 is 0 Å². The number of benzene rings is 1. The van der Waals surface area contributed by atoms with Crippen molar-refractivity contribution in [2.75, 3.05) is 13.7 Å². The molecule has 0 unspecified atom stereocenters. The van der Waals surface area contributed by atoms with Crippen molar-refractivity contribution in [1.82, 2.24) is 4.98 Å². The van der Waals surface area contributed by atoms with Crippen LogP contribution in [-0.4, -0.2) is 86.9 Å². The zero-order valence-corrected chi connectivity index (χ0v) is 23.0. The second-order valence-corrected chi connectivity index (χ2v) is 8.74. The van der Waals surface area contributed by atoms with Gasteiger partial charge in [0.05, 0.1) is 43.2 Å². The summed E-state index contributed by atoms with van der Waals surface area (Å²) in [5.74, 6) is -1.81. The molecule has 1 aromatic heterocycles. The minimum absolute atomic E-state index is 0. The molecule has 0 saturated carbocycles. The number of hydrogen-bond donors (Lipinski definition) is 4. The van der Waals surface area contributed by atoms with Crippen LogP contribution in [-0.2, 0) is 16.1 Å². The number of aliphatic hydroxyl groups is 3. The number of carboxylic acids is 1. The number of pyridine rings is 1. The molecule has 4 N–H and O–H groups in total. The van der Waals surface area contributed by atoms with Crippen molar-refractivity contribution in [2.24, 2.45) is 0 Å². The summed E-state index contributed by atoms with van der Waals surface area (Å²) >= 11 is 0. The van der Waals surface area contributed by atoms with Gasteiger partial charge in [0.2, 0.25) is 0 Å². The maximum Gasteiger partial charge on any atom is 0.305 e. The Morgan fingerprint density at radius 2 is 1.77 bits per heavy atom. The van der Waals surface area contributed by atoms with Crippen LogP contribution in [0.1, 0.15) is 68.0 Å². The molecule has 0 aliphatic heterocycles. The van der Waals surface area contributed by atoms with E-state index in [1.54, 1.807) is 25.3 Å². The van der Waals surface area contributed by atoms with Crippen molar-refractivity contribution in [2.45, 2.75) is 64.3 Å². The van der Waals surface area contributed by atoms with Crippen LogP contribution in [0, 0.1) is 5.82 Å². The topological polar surface area (TPSA) is 120 Å². The molecule has 0 amide bonds. The summed E-state index contributed by atoms with van der Waals surface area (Å²) in [6.07, 6.45) is 0.323. The number of nitrogens with zero attached hydrogens (tertiary/aromatic N) is 1. The number of halogens is 1. The van der Waals surface area contributed by atoms with Gasteiger partial charge in [-0.25, -0.2) is 4.39 Å². The zero-order chi connectivity index (χ0) is 25.4. The average Bonchev–Trinajstić information content (AvgIpc) is 2.77. The van der Waals surface area contributed by atoms with Crippen LogP contribution in [0.3, 0.4) is 0 Å². The van der Waals surface area contributed by atoms with E-state index in [4.69, 9.17) is 14.8 Å². The molecule has 2 aromatic rings. The molecule has 1 heterocycles. The second kappa shape index (κ2) is 14.8. The Labute approximate surface area is 228 Å². The van der Waals surface area contributed by atoms with Crippen molar-refractivity contribution in [3.8, 4) is 11.1 Å². The Morgan fingerprint density at radius 1 is 1.14 bits per heavy atom. The number of methoxy groups -OCH3 is 1. The molecule has 187 valence electrons. The van der Waals surface area contributed by atoms with Gasteiger partial charge in [-0.05, 0) is 29.2 Å². The summed E-state index contributed by atoms with van der Waals surface area (Å²) in [5, 5.41) is 39.0. The van der Waals surface area contributed by atoms with Gasteiger partial charge in [-0.3, -0.25) is 9.78 Å². The molecular formula is C26H34FNNaO6. The average molecular weight is 499 g/mol. The summed E-state index contributed by atoms with van der Waals surface area (Å²) in [4.78, 5) is 15.7. The summed E-state index contributed by atoms with van der Waals surface area (Å²) in [5.41, 5.74) is 4.34.